The van der Waals surface area contributed by atoms with Crippen LogP contribution >= 0.6 is 34.9 Å². The van der Waals surface area contributed by atoms with Gasteiger partial charge in [-0.3, -0.25) is 19.2 Å². The Morgan fingerprint density at radius 3 is 2.23 bits per heavy atom. The maximum absolute atomic E-state index is 13.0. The molecule has 4 saturated heterocycles. The van der Waals surface area contributed by atoms with Gasteiger partial charge >= 0.3 is 17.9 Å². The molecule has 0 aliphatic carbocycles. The number of carboxylic acids is 1. The average molecular weight is 598 g/mol. The summed E-state index contributed by atoms with van der Waals surface area (Å²) >= 11 is 4.06. The third-order valence-corrected chi connectivity index (χ3v) is 11.1. The first kappa shape index (κ1) is 27.8. The minimum absolute atomic E-state index is 0.0669. The predicted octanol–water partition coefficient (Wildman–Crippen LogP) is 0.960. The smallest absolute Gasteiger partial charge is 0.333 e. The number of carbonyl (C=O) groups is 6. The van der Waals surface area contributed by atoms with Crippen molar-refractivity contribution in [1.29, 1.82) is 0 Å². The number of ether oxygens (including phenoxy) is 2. The van der Waals surface area contributed by atoms with E-state index in [0.717, 1.165) is 0 Å². The van der Waals surface area contributed by atoms with Gasteiger partial charge in [0.2, 0.25) is 24.5 Å². The van der Waals surface area contributed by atoms with Crippen molar-refractivity contribution < 1.29 is 43.3 Å². The van der Waals surface area contributed by atoms with Crippen molar-refractivity contribution in [2.45, 2.75) is 78.4 Å². The molecule has 5 heterocycles. The molecule has 0 aromatic carbocycles. The molecule has 1 unspecified atom stereocenters. The highest BCUT2D eigenvalue weighted by Gasteiger charge is 2.65. The van der Waals surface area contributed by atoms with Crippen LogP contribution in [0.15, 0.2) is 16.8 Å². The number of rotatable bonds is 8. The van der Waals surface area contributed by atoms with Crippen LogP contribution in [-0.2, 0) is 38.2 Å². The van der Waals surface area contributed by atoms with Crippen LogP contribution in [0.4, 0.5) is 0 Å². The van der Waals surface area contributed by atoms with Crippen LogP contribution < -0.4 is 5.32 Å². The molecular formula is C24H27N3O9S3. The van der Waals surface area contributed by atoms with Gasteiger partial charge in [0, 0.05) is 9.49 Å². The Bertz CT molecular complexity index is 1250. The van der Waals surface area contributed by atoms with Crippen molar-refractivity contribution >= 4 is 70.5 Å². The van der Waals surface area contributed by atoms with E-state index in [1.54, 1.807) is 24.6 Å². The fourth-order valence-corrected chi connectivity index (χ4v) is 9.39. The van der Waals surface area contributed by atoms with Gasteiger partial charge < -0.3 is 29.7 Å². The molecule has 6 atom stereocenters. The van der Waals surface area contributed by atoms with E-state index in [1.165, 1.54) is 50.7 Å². The van der Waals surface area contributed by atoms with Gasteiger partial charge in [0.15, 0.2) is 5.92 Å². The molecule has 3 amide bonds. The summed E-state index contributed by atoms with van der Waals surface area (Å²) in [6, 6.07) is -1.27. The van der Waals surface area contributed by atoms with E-state index in [-0.39, 0.29) is 11.3 Å². The Kier molecular flexibility index (Phi) is 6.91. The number of amides is 3. The average Bonchev–Trinajstić information content (AvgIpc) is 3.49. The number of thioether (sulfide) groups is 2. The van der Waals surface area contributed by atoms with Crippen molar-refractivity contribution in [2.24, 2.45) is 0 Å². The van der Waals surface area contributed by atoms with Crippen molar-refractivity contribution in [2.75, 3.05) is 6.79 Å². The van der Waals surface area contributed by atoms with Gasteiger partial charge in [-0.2, -0.15) is 11.3 Å². The number of β-lactam (4-membered cyclic amide) rings is 2. The van der Waals surface area contributed by atoms with Gasteiger partial charge in [-0.15, -0.1) is 23.5 Å². The normalized spacial score (nSPS) is 30.4. The second-order valence-electron chi connectivity index (χ2n) is 10.7. The largest absolute Gasteiger partial charge is 0.480 e. The fourth-order valence-electron chi connectivity index (χ4n) is 5.47. The summed E-state index contributed by atoms with van der Waals surface area (Å²) in [4.78, 5) is 78.1. The molecule has 4 aliphatic rings. The molecule has 12 nitrogen and oxygen atoms in total. The zero-order chi connectivity index (χ0) is 28.4. The topological polar surface area (TPSA) is 160 Å². The van der Waals surface area contributed by atoms with Crippen molar-refractivity contribution in [3.8, 4) is 0 Å². The van der Waals surface area contributed by atoms with Crippen LogP contribution in [-0.4, -0.2) is 95.7 Å². The molecule has 39 heavy (non-hydrogen) atoms. The number of aliphatic carboxylic acids is 1. The molecule has 5 rings (SSSR count). The van der Waals surface area contributed by atoms with Crippen LogP contribution in [0, 0.1) is 0 Å². The summed E-state index contributed by atoms with van der Waals surface area (Å²) in [5, 5.41) is 14.7. The maximum Gasteiger partial charge on any atom is 0.333 e. The number of nitrogens with zero attached hydrogens (tertiary/aromatic N) is 2. The SMILES string of the molecule is CC1(C)S[C@@H]2[C@H](NC(=O)C(C(=O)O)c3ccsc3)C(=O)N2[C@H]1C(=O)OCOC(=O)[C@@H]1N2C(=O)C[C@H]2SC1(C)C. The highest BCUT2D eigenvalue weighted by Crippen LogP contribution is 2.52. The summed E-state index contributed by atoms with van der Waals surface area (Å²) in [6.07, 6.45) is 0.374. The summed E-state index contributed by atoms with van der Waals surface area (Å²) in [5.41, 5.74) is 0.317. The quantitative estimate of drug-likeness (QED) is 0.190. The maximum atomic E-state index is 13.0. The zero-order valence-electron chi connectivity index (χ0n) is 21.4. The molecule has 210 valence electrons. The first-order valence-electron chi connectivity index (χ1n) is 12.1. The number of esters is 2. The number of hydrogen-bond acceptors (Lipinski definition) is 11. The zero-order valence-corrected chi connectivity index (χ0v) is 23.9. The van der Waals surface area contributed by atoms with Crippen molar-refractivity contribution in [3.05, 3.63) is 22.4 Å². The lowest BCUT2D eigenvalue weighted by Crippen LogP contribution is -2.71. The van der Waals surface area contributed by atoms with E-state index in [2.05, 4.69) is 5.32 Å². The predicted molar refractivity (Wildman–Crippen MR) is 140 cm³/mol. The molecule has 1 aromatic heterocycles. The summed E-state index contributed by atoms with van der Waals surface area (Å²) in [5.74, 6) is -5.72. The lowest BCUT2D eigenvalue weighted by Gasteiger charge is -2.44. The molecule has 1 aromatic rings. The van der Waals surface area contributed by atoms with Crippen LogP contribution in [0.2, 0.25) is 0 Å². The molecule has 2 N–H and O–H groups in total. The van der Waals surface area contributed by atoms with E-state index in [1.807, 2.05) is 13.8 Å². The molecule has 4 fully saturated rings. The second-order valence-corrected chi connectivity index (χ2v) is 15.1. The lowest BCUT2D eigenvalue weighted by molar-refractivity contribution is -0.181. The number of fused-ring (bicyclic) bond motifs is 2. The Morgan fingerprint density at radius 1 is 1.05 bits per heavy atom. The van der Waals surface area contributed by atoms with Gasteiger partial charge in [-0.05, 0) is 50.1 Å². The van der Waals surface area contributed by atoms with Crippen LogP contribution in [0.5, 0.6) is 0 Å². The van der Waals surface area contributed by atoms with Crippen LogP contribution in [0.25, 0.3) is 0 Å². The molecular weight excluding hydrogens is 570 g/mol. The Hall–Kier alpha value is -2.78. The number of hydrogen-bond donors (Lipinski definition) is 2. The minimum atomic E-state index is -1.46. The second kappa shape index (κ2) is 9.70. The first-order valence-corrected chi connectivity index (χ1v) is 14.8. The number of thiophene rings is 1. The highest BCUT2D eigenvalue weighted by atomic mass is 32.2. The van der Waals surface area contributed by atoms with E-state index in [4.69, 9.17) is 9.47 Å². The van der Waals surface area contributed by atoms with E-state index in [9.17, 15) is 33.9 Å². The van der Waals surface area contributed by atoms with Crippen LogP contribution in [0.3, 0.4) is 0 Å². The third-order valence-electron chi connectivity index (χ3n) is 7.30. The standard InChI is InChI=1S/C24H27N3O9S3/c1-23(2)15(26-11(28)7-12(26)38-23)21(33)35-9-36-22(34)16-24(3,4)39-19-14(18(30)27(16)19)25-17(29)13(20(31)32)10-5-6-37-8-10/h5-6,8,12-16,19H,7,9H2,1-4H3,(H,25,29)(H,31,32)/t12-,13?,14-,15+,16+,19-/m1/s1. The van der Waals surface area contributed by atoms with Gasteiger partial charge in [-0.25, -0.2) is 9.59 Å². The Balaban J connectivity index is 1.19. The first-order chi connectivity index (χ1) is 18.2. The van der Waals surface area contributed by atoms with E-state index < -0.39 is 75.4 Å². The molecule has 0 saturated carbocycles. The third kappa shape index (κ3) is 4.57. The molecule has 15 heteroatoms. The molecule has 4 aliphatic heterocycles. The number of carbonyl (C=O) groups excluding carboxylic acids is 5. The molecule has 0 bridgehead atoms. The van der Waals surface area contributed by atoms with Crippen LogP contribution in [0.1, 0.15) is 45.6 Å². The minimum Gasteiger partial charge on any atom is -0.480 e. The Labute approximate surface area is 236 Å². The summed E-state index contributed by atoms with van der Waals surface area (Å²) in [6.45, 7) is 6.53. The molecule has 0 radical (unpaired) electrons. The van der Waals surface area contributed by atoms with Gasteiger partial charge in [0.1, 0.15) is 23.5 Å². The highest BCUT2D eigenvalue weighted by molar-refractivity contribution is 8.02. The van der Waals surface area contributed by atoms with Gasteiger partial charge in [0.05, 0.1) is 11.8 Å². The van der Waals surface area contributed by atoms with E-state index >= 15 is 0 Å². The molecule has 0 spiro atoms. The van der Waals surface area contributed by atoms with Crippen molar-refractivity contribution in [1.82, 2.24) is 15.1 Å². The number of nitrogens with one attached hydrogen (secondary N) is 1. The summed E-state index contributed by atoms with van der Waals surface area (Å²) in [7, 11) is 0. The van der Waals surface area contributed by atoms with Gasteiger partial charge in [-0.1, -0.05) is 0 Å². The van der Waals surface area contributed by atoms with E-state index in [0.29, 0.717) is 12.0 Å². The number of carboxylic acid groups (broad SMARTS) is 1. The monoisotopic (exact) mass is 597 g/mol. The van der Waals surface area contributed by atoms with Gasteiger partial charge in [0.25, 0.3) is 0 Å². The lowest BCUT2D eigenvalue weighted by atomic mass is 9.95. The fraction of sp³-hybridized carbons (Fsp3) is 0.583. The van der Waals surface area contributed by atoms with Crippen molar-refractivity contribution in [3.63, 3.8) is 0 Å². The Morgan fingerprint density at radius 2 is 1.67 bits per heavy atom. The summed E-state index contributed by atoms with van der Waals surface area (Å²) < 4.78 is 9.10.